The van der Waals surface area contributed by atoms with Gasteiger partial charge in [-0.25, -0.2) is 0 Å². The number of nitrogens with zero attached hydrogens (tertiary/aromatic N) is 3. The van der Waals surface area contributed by atoms with E-state index in [0.29, 0.717) is 13.1 Å². The van der Waals surface area contributed by atoms with E-state index in [-0.39, 0.29) is 24.3 Å². The summed E-state index contributed by atoms with van der Waals surface area (Å²) >= 11 is 0. The molecular formula is C14H23N5O2. The van der Waals surface area contributed by atoms with Gasteiger partial charge in [0, 0.05) is 13.6 Å². The maximum Gasteiger partial charge on any atom is 0.231 e. The van der Waals surface area contributed by atoms with Crippen molar-refractivity contribution < 1.29 is 9.59 Å². The standard InChI is InChI=1S/C14H23N5O2/c1-10-6-12(18(2)17-10)7-16-14(21)11-4-3-5-19(8-11)9-13(15)20/h6,11H,3-5,7-9H2,1-2H3,(H2,15,20)(H,16,21)/t11-/m0/s1. The zero-order valence-electron chi connectivity index (χ0n) is 12.6. The van der Waals surface area contributed by atoms with Crippen LogP contribution in [0.4, 0.5) is 0 Å². The van der Waals surface area contributed by atoms with Gasteiger partial charge in [-0.3, -0.25) is 19.2 Å². The number of primary amides is 1. The fraction of sp³-hybridized carbons (Fsp3) is 0.643. The highest BCUT2D eigenvalue weighted by molar-refractivity contribution is 5.79. The van der Waals surface area contributed by atoms with Crippen LogP contribution in [0.5, 0.6) is 0 Å². The van der Waals surface area contributed by atoms with E-state index in [0.717, 1.165) is 30.8 Å². The average Bonchev–Trinajstić information content (AvgIpc) is 2.74. The predicted octanol–water partition coefficient (Wildman–Crippen LogP) is -0.458. The van der Waals surface area contributed by atoms with Gasteiger partial charge >= 0.3 is 0 Å². The lowest BCUT2D eigenvalue weighted by molar-refractivity contribution is -0.128. The molecule has 116 valence electrons. The van der Waals surface area contributed by atoms with E-state index in [2.05, 4.69) is 10.4 Å². The highest BCUT2D eigenvalue weighted by Gasteiger charge is 2.26. The number of hydrogen-bond acceptors (Lipinski definition) is 4. The minimum atomic E-state index is -0.346. The van der Waals surface area contributed by atoms with Crippen LogP contribution in [-0.4, -0.2) is 46.1 Å². The van der Waals surface area contributed by atoms with Crippen molar-refractivity contribution >= 4 is 11.8 Å². The van der Waals surface area contributed by atoms with E-state index in [4.69, 9.17) is 5.73 Å². The summed E-state index contributed by atoms with van der Waals surface area (Å²) in [6, 6.07) is 1.96. The summed E-state index contributed by atoms with van der Waals surface area (Å²) in [5.41, 5.74) is 7.12. The second kappa shape index (κ2) is 6.71. The first-order valence-corrected chi connectivity index (χ1v) is 7.23. The Morgan fingerprint density at radius 1 is 1.52 bits per heavy atom. The lowest BCUT2D eigenvalue weighted by Gasteiger charge is -2.30. The molecular weight excluding hydrogens is 270 g/mol. The molecule has 0 aliphatic carbocycles. The second-order valence-electron chi connectivity index (χ2n) is 5.66. The number of nitrogens with one attached hydrogen (secondary N) is 1. The molecule has 1 aliphatic heterocycles. The summed E-state index contributed by atoms with van der Waals surface area (Å²) in [4.78, 5) is 25.2. The van der Waals surface area contributed by atoms with Crippen molar-refractivity contribution in [3.05, 3.63) is 17.5 Å². The molecule has 1 aliphatic rings. The Hall–Kier alpha value is -1.89. The first kappa shape index (κ1) is 15.5. The Morgan fingerprint density at radius 3 is 2.90 bits per heavy atom. The van der Waals surface area contributed by atoms with E-state index in [1.807, 2.05) is 24.9 Å². The van der Waals surface area contributed by atoms with Crippen molar-refractivity contribution in [2.45, 2.75) is 26.3 Å². The Kier molecular flexibility index (Phi) is 4.95. The van der Waals surface area contributed by atoms with E-state index < -0.39 is 0 Å². The van der Waals surface area contributed by atoms with Crippen LogP contribution in [0.15, 0.2) is 6.07 Å². The molecule has 2 amide bonds. The van der Waals surface area contributed by atoms with Gasteiger partial charge in [-0.05, 0) is 32.4 Å². The molecule has 2 heterocycles. The van der Waals surface area contributed by atoms with Gasteiger partial charge in [-0.15, -0.1) is 0 Å². The quantitative estimate of drug-likeness (QED) is 0.768. The van der Waals surface area contributed by atoms with Crippen molar-refractivity contribution in [3.63, 3.8) is 0 Å². The summed E-state index contributed by atoms with van der Waals surface area (Å²) < 4.78 is 1.77. The highest BCUT2D eigenvalue weighted by atomic mass is 16.2. The minimum absolute atomic E-state index is 0.0306. The summed E-state index contributed by atoms with van der Waals surface area (Å²) in [5.74, 6) is -0.392. The molecule has 3 N–H and O–H groups in total. The Labute approximate surface area is 124 Å². The van der Waals surface area contributed by atoms with Gasteiger partial charge in [-0.1, -0.05) is 0 Å². The molecule has 0 radical (unpaired) electrons. The number of likely N-dealkylation sites (tertiary alicyclic amines) is 1. The molecule has 0 saturated carbocycles. The third kappa shape index (κ3) is 4.29. The second-order valence-corrected chi connectivity index (χ2v) is 5.66. The minimum Gasteiger partial charge on any atom is -0.369 e. The van der Waals surface area contributed by atoms with Gasteiger partial charge < -0.3 is 11.1 Å². The molecule has 2 rings (SSSR count). The van der Waals surface area contributed by atoms with Gasteiger partial charge in [0.15, 0.2) is 0 Å². The molecule has 0 aromatic carbocycles. The fourth-order valence-corrected chi connectivity index (χ4v) is 2.79. The van der Waals surface area contributed by atoms with Crippen molar-refractivity contribution in [1.29, 1.82) is 0 Å². The smallest absolute Gasteiger partial charge is 0.231 e. The van der Waals surface area contributed by atoms with Gasteiger partial charge in [0.25, 0.3) is 0 Å². The van der Waals surface area contributed by atoms with E-state index in [1.165, 1.54) is 0 Å². The molecule has 21 heavy (non-hydrogen) atoms. The molecule has 1 fully saturated rings. The summed E-state index contributed by atoms with van der Waals surface area (Å²) in [6.07, 6.45) is 1.77. The van der Waals surface area contributed by atoms with E-state index in [9.17, 15) is 9.59 Å². The van der Waals surface area contributed by atoms with Crippen LogP contribution in [0.3, 0.4) is 0 Å². The number of carbonyl (C=O) groups excluding carboxylic acids is 2. The number of amides is 2. The lowest BCUT2D eigenvalue weighted by atomic mass is 9.97. The van der Waals surface area contributed by atoms with Gasteiger partial charge in [0.05, 0.1) is 30.4 Å². The number of rotatable bonds is 5. The Bertz CT molecular complexity index is 525. The first-order chi connectivity index (χ1) is 9.95. The van der Waals surface area contributed by atoms with Crippen LogP contribution in [-0.2, 0) is 23.2 Å². The Balaban J connectivity index is 1.85. The third-order valence-electron chi connectivity index (χ3n) is 3.80. The number of carbonyl (C=O) groups is 2. The summed E-state index contributed by atoms with van der Waals surface area (Å²) in [6.45, 7) is 4.05. The first-order valence-electron chi connectivity index (χ1n) is 7.23. The average molecular weight is 293 g/mol. The zero-order chi connectivity index (χ0) is 15.4. The topological polar surface area (TPSA) is 93.3 Å². The van der Waals surface area contributed by atoms with Crippen LogP contribution in [0.2, 0.25) is 0 Å². The normalized spacial score (nSPS) is 19.4. The number of aryl methyl sites for hydroxylation is 2. The number of piperidine rings is 1. The lowest BCUT2D eigenvalue weighted by Crippen LogP contribution is -2.45. The molecule has 1 saturated heterocycles. The molecule has 0 spiro atoms. The van der Waals surface area contributed by atoms with Gasteiger partial charge in [-0.2, -0.15) is 5.10 Å². The van der Waals surface area contributed by atoms with Crippen LogP contribution in [0.25, 0.3) is 0 Å². The van der Waals surface area contributed by atoms with Gasteiger partial charge in [0.1, 0.15) is 0 Å². The highest BCUT2D eigenvalue weighted by Crippen LogP contribution is 2.16. The maximum absolute atomic E-state index is 12.2. The van der Waals surface area contributed by atoms with Crippen LogP contribution < -0.4 is 11.1 Å². The van der Waals surface area contributed by atoms with Crippen molar-refractivity contribution in [1.82, 2.24) is 20.0 Å². The van der Waals surface area contributed by atoms with Crippen LogP contribution in [0.1, 0.15) is 24.2 Å². The Morgan fingerprint density at radius 2 is 2.29 bits per heavy atom. The number of aromatic nitrogens is 2. The van der Waals surface area contributed by atoms with Crippen molar-refractivity contribution in [2.24, 2.45) is 18.7 Å². The van der Waals surface area contributed by atoms with Crippen molar-refractivity contribution in [2.75, 3.05) is 19.6 Å². The zero-order valence-corrected chi connectivity index (χ0v) is 12.6. The maximum atomic E-state index is 12.2. The molecule has 7 nitrogen and oxygen atoms in total. The summed E-state index contributed by atoms with van der Waals surface area (Å²) in [5, 5.41) is 7.21. The van der Waals surface area contributed by atoms with Crippen LogP contribution in [0, 0.1) is 12.8 Å². The third-order valence-corrected chi connectivity index (χ3v) is 3.80. The van der Waals surface area contributed by atoms with Crippen molar-refractivity contribution in [3.8, 4) is 0 Å². The largest absolute Gasteiger partial charge is 0.369 e. The van der Waals surface area contributed by atoms with Crippen LogP contribution >= 0.6 is 0 Å². The molecule has 7 heteroatoms. The van der Waals surface area contributed by atoms with Gasteiger partial charge in [0.2, 0.25) is 11.8 Å². The molecule has 1 aromatic rings. The number of hydrogen-bond donors (Lipinski definition) is 2. The predicted molar refractivity (Wildman–Crippen MR) is 78.2 cm³/mol. The molecule has 1 atom stereocenters. The van der Waals surface area contributed by atoms with E-state index in [1.54, 1.807) is 4.68 Å². The monoisotopic (exact) mass is 293 g/mol. The van der Waals surface area contributed by atoms with E-state index >= 15 is 0 Å². The SMILES string of the molecule is Cc1cc(CNC(=O)[C@H]2CCCN(CC(N)=O)C2)n(C)n1. The molecule has 0 unspecified atom stereocenters. The fourth-order valence-electron chi connectivity index (χ4n) is 2.79. The molecule has 1 aromatic heterocycles. The number of nitrogens with two attached hydrogens (primary N) is 1. The summed E-state index contributed by atoms with van der Waals surface area (Å²) in [7, 11) is 1.86. The molecule has 0 bridgehead atoms.